The van der Waals surface area contributed by atoms with Crippen molar-refractivity contribution in [3.63, 3.8) is 0 Å². The van der Waals surface area contributed by atoms with Crippen molar-refractivity contribution >= 4 is 16.6 Å². The first-order valence-corrected chi connectivity index (χ1v) is 7.65. The average molecular weight is 304 g/mol. The molecule has 2 bridgehead atoms. The summed E-state index contributed by atoms with van der Waals surface area (Å²) in [4.78, 5) is 8.97. The zero-order chi connectivity index (χ0) is 15.1. The summed E-state index contributed by atoms with van der Waals surface area (Å²) in [5, 5.41) is 3.85. The standard InChI is InChI=1S/C16H18F2N4/c17-11-7-13-15(1-2-19-16(13)14(18)8-11)20-9-12-10-21-3-5-22(12)6-4-21/h1-2,7-8,12H,3-6,9-10H2,(H,19,20). The van der Waals surface area contributed by atoms with Crippen molar-refractivity contribution in [2.75, 3.05) is 44.6 Å². The van der Waals surface area contributed by atoms with Gasteiger partial charge in [-0.1, -0.05) is 0 Å². The zero-order valence-electron chi connectivity index (χ0n) is 12.2. The van der Waals surface area contributed by atoms with E-state index in [2.05, 4.69) is 20.1 Å². The van der Waals surface area contributed by atoms with E-state index in [0.717, 1.165) is 51.0 Å². The molecule has 1 unspecified atom stereocenters. The van der Waals surface area contributed by atoms with Crippen LogP contribution in [0.3, 0.4) is 0 Å². The monoisotopic (exact) mass is 304 g/mol. The lowest BCUT2D eigenvalue weighted by molar-refractivity contribution is 0.0189. The molecule has 3 aliphatic rings. The number of pyridine rings is 1. The maximum absolute atomic E-state index is 13.8. The van der Waals surface area contributed by atoms with E-state index in [-0.39, 0.29) is 5.52 Å². The summed E-state index contributed by atoms with van der Waals surface area (Å²) >= 11 is 0. The van der Waals surface area contributed by atoms with E-state index in [1.54, 1.807) is 12.3 Å². The number of nitrogens with zero attached hydrogens (tertiary/aromatic N) is 3. The van der Waals surface area contributed by atoms with Gasteiger partial charge in [0.05, 0.1) is 0 Å². The Balaban J connectivity index is 1.57. The van der Waals surface area contributed by atoms with Crippen LogP contribution in [-0.2, 0) is 0 Å². The predicted molar refractivity (Wildman–Crippen MR) is 81.9 cm³/mol. The molecule has 3 fully saturated rings. The minimum atomic E-state index is -0.620. The molecule has 4 heterocycles. The number of hydrogen-bond donors (Lipinski definition) is 1. The summed E-state index contributed by atoms with van der Waals surface area (Å²) in [5.41, 5.74) is 0.946. The maximum Gasteiger partial charge on any atom is 0.152 e. The van der Waals surface area contributed by atoms with Gasteiger partial charge in [0.1, 0.15) is 11.3 Å². The third-order valence-electron chi connectivity index (χ3n) is 4.68. The highest BCUT2D eigenvalue weighted by atomic mass is 19.1. The highest BCUT2D eigenvalue weighted by Crippen LogP contribution is 2.25. The summed E-state index contributed by atoms with van der Waals surface area (Å²) < 4.78 is 27.3. The molecule has 6 heteroatoms. The van der Waals surface area contributed by atoms with Crippen molar-refractivity contribution in [2.45, 2.75) is 6.04 Å². The second-order valence-electron chi connectivity index (χ2n) is 6.01. The summed E-state index contributed by atoms with van der Waals surface area (Å²) in [6, 6.07) is 4.44. The largest absolute Gasteiger partial charge is 0.383 e. The first-order valence-electron chi connectivity index (χ1n) is 7.65. The van der Waals surface area contributed by atoms with Crippen LogP contribution in [-0.4, -0.2) is 60.1 Å². The fourth-order valence-electron chi connectivity index (χ4n) is 3.48. The minimum absolute atomic E-state index is 0.209. The van der Waals surface area contributed by atoms with Crippen molar-refractivity contribution in [2.24, 2.45) is 0 Å². The van der Waals surface area contributed by atoms with Gasteiger partial charge in [-0.3, -0.25) is 14.8 Å². The Morgan fingerprint density at radius 2 is 2.00 bits per heavy atom. The Morgan fingerprint density at radius 3 is 2.73 bits per heavy atom. The van der Waals surface area contributed by atoms with Crippen molar-refractivity contribution in [1.29, 1.82) is 0 Å². The van der Waals surface area contributed by atoms with Gasteiger partial charge in [0.2, 0.25) is 0 Å². The molecule has 116 valence electrons. The normalized spacial score (nSPS) is 27.3. The van der Waals surface area contributed by atoms with E-state index < -0.39 is 11.6 Å². The third kappa shape index (κ3) is 2.42. The number of piperazine rings is 3. The lowest BCUT2D eigenvalue weighted by atomic mass is 10.1. The third-order valence-corrected chi connectivity index (χ3v) is 4.68. The number of fused-ring (bicyclic) bond motifs is 4. The molecule has 3 saturated heterocycles. The van der Waals surface area contributed by atoms with Gasteiger partial charge in [-0.2, -0.15) is 0 Å². The molecule has 22 heavy (non-hydrogen) atoms. The molecule has 1 N–H and O–H groups in total. The smallest absolute Gasteiger partial charge is 0.152 e. The van der Waals surface area contributed by atoms with Gasteiger partial charge in [-0.15, -0.1) is 0 Å². The zero-order valence-corrected chi connectivity index (χ0v) is 12.2. The fourth-order valence-corrected chi connectivity index (χ4v) is 3.48. The van der Waals surface area contributed by atoms with E-state index in [0.29, 0.717) is 11.4 Å². The van der Waals surface area contributed by atoms with Crippen molar-refractivity contribution in [3.05, 3.63) is 36.0 Å². The van der Waals surface area contributed by atoms with Gasteiger partial charge in [0, 0.05) is 68.6 Å². The number of anilines is 1. The van der Waals surface area contributed by atoms with Crippen molar-refractivity contribution in [3.8, 4) is 0 Å². The topological polar surface area (TPSA) is 31.4 Å². The van der Waals surface area contributed by atoms with Gasteiger partial charge < -0.3 is 5.32 Å². The van der Waals surface area contributed by atoms with Crippen LogP contribution in [0.25, 0.3) is 10.9 Å². The molecule has 1 aromatic carbocycles. The van der Waals surface area contributed by atoms with E-state index in [1.807, 2.05) is 0 Å². The summed E-state index contributed by atoms with van der Waals surface area (Å²) in [7, 11) is 0. The highest BCUT2D eigenvalue weighted by molar-refractivity contribution is 5.91. The van der Waals surface area contributed by atoms with Crippen molar-refractivity contribution in [1.82, 2.24) is 14.8 Å². The average Bonchev–Trinajstić information content (AvgIpc) is 2.54. The fraction of sp³-hybridized carbons (Fsp3) is 0.438. The Hall–Kier alpha value is -1.79. The van der Waals surface area contributed by atoms with Gasteiger partial charge in [0.25, 0.3) is 0 Å². The molecule has 4 nitrogen and oxygen atoms in total. The molecule has 0 saturated carbocycles. The molecule has 2 aromatic rings. The van der Waals surface area contributed by atoms with Crippen LogP contribution < -0.4 is 5.32 Å². The number of benzene rings is 1. The SMILES string of the molecule is Fc1cc(F)c2nccc(NCC3CN4CCN3CC4)c2c1. The minimum Gasteiger partial charge on any atom is -0.383 e. The van der Waals surface area contributed by atoms with E-state index >= 15 is 0 Å². The highest BCUT2D eigenvalue weighted by Gasteiger charge is 2.31. The van der Waals surface area contributed by atoms with Gasteiger partial charge in [-0.25, -0.2) is 8.78 Å². The lowest BCUT2D eigenvalue weighted by Crippen LogP contribution is -2.62. The lowest BCUT2D eigenvalue weighted by Gasteiger charge is -2.47. The number of hydrogen-bond acceptors (Lipinski definition) is 4. The summed E-state index contributed by atoms with van der Waals surface area (Å²) in [6.45, 7) is 6.32. The Kier molecular flexibility index (Phi) is 3.43. The molecule has 0 radical (unpaired) electrons. The van der Waals surface area contributed by atoms with E-state index in [1.165, 1.54) is 6.07 Å². The second-order valence-corrected chi connectivity index (χ2v) is 6.01. The summed E-state index contributed by atoms with van der Waals surface area (Å²) in [5.74, 6) is -1.20. The predicted octanol–water partition coefficient (Wildman–Crippen LogP) is 1.92. The van der Waals surface area contributed by atoms with Crippen LogP contribution in [0.15, 0.2) is 24.4 Å². The molecule has 3 aliphatic heterocycles. The van der Waals surface area contributed by atoms with Crippen LogP contribution in [0, 0.1) is 11.6 Å². The van der Waals surface area contributed by atoms with Crippen LogP contribution in [0.1, 0.15) is 0 Å². The number of aromatic nitrogens is 1. The maximum atomic E-state index is 13.8. The Morgan fingerprint density at radius 1 is 1.18 bits per heavy atom. The number of nitrogens with one attached hydrogen (secondary N) is 1. The molecule has 1 atom stereocenters. The molecule has 0 aliphatic carbocycles. The second kappa shape index (κ2) is 5.44. The van der Waals surface area contributed by atoms with Crippen molar-refractivity contribution < 1.29 is 8.78 Å². The Bertz CT molecular complexity index is 698. The number of halogens is 2. The van der Waals surface area contributed by atoms with E-state index in [4.69, 9.17) is 0 Å². The first kappa shape index (κ1) is 13.8. The van der Waals surface area contributed by atoms with Crippen LogP contribution in [0.4, 0.5) is 14.5 Å². The summed E-state index contributed by atoms with van der Waals surface area (Å²) in [6.07, 6.45) is 1.56. The molecular weight excluding hydrogens is 286 g/mol. The molecule has 1 aromatic heterocycles. The van der Waals surface area contributed by atoms with Gasteiger partial charge in [0.15, 0.2) is 5.82 Å². The quantitative estimate of drug-likeness (QED) is 0.939. The molecule has 5 rings (SSSR count). The first-order chi connectivity index (χ1) is 10.7. The Labute approximate surface area is 127 Å². The van der Waals surface area contributed by atoms with E-state index in [9.17, 15) is 8.78 Å². The molecule has 0 amide bonds. The van der Waals surface area contributed by atoms with Gasteiger partial charge in [-0.05, 0) is 12.1 Å². The van der Waals surface area contributed by atoms with Crippen LogP contribution in [0.2, 0.25) is 0 Å². The molecule has 0 spiro atoms. The van der Waals surface area contributed by atoms with Crippen LogP contribution >= 0.6 is 0 Å². The van der Waals surface area contributed by atoms with Gasteiger partial charge >= 0.3 is 0 Å². The molecular formula is C16H18F2N4. The number of rotatable bonds is 3. The van der Waals surface area contributed by atoms with Crippen LogP contribution in [0.5, 0.6) is 0 Å².